The lowest BCUT2D eigenvalue weighted by Gasteiger charge is -2.03. The van der Waals surface area contributed by atoms with Gasteiger partial charge in [0.2, 0.25) is 0 Å². The zero-order valence-corrected chi connectivity index (χ0v) is 7.78. The number of aryl methyl sites for hydroxylation is 1. The maximum Gasteiger partial charge on any atom is 0.142 e. The molecule has 0 aliphatic carbocycles. The molecule has 0 amide bonds. The van der Waals surface area contributed by atoms with E-state index in [0.717, 1.165) is 23.2 Å². The van der Waals surface area contributed by atoms with Crippen molar-refractivity contribution in [1.82, 2.24) is 0 Å². The van der Waals surface area contributed by atoms with Gasteiger partial charge in [-0.3, -0.25) is 4.79 Å². The summed E-state index contributed by atoms with van der Waals surface area (Å²) >= 11 is 0. The molecule has 0 N–H and O–H groups in total. The Labute approximate surface area is 77.8 Å². The lowest BCUT2D eigenvalue weighted by atomic mass is 10.1. The highest BCUT2D eigenvalue weighted by Gasteiger charge is 1.95. The van der Waals surface area contributed by atoms with Crippen LogP contribution in [0.4, 0.5) is 0 Å². The van der Waals surface area contributed by atoms with Crippen LogP contribution in [0.2, 0.25) is 0 Å². The molecule has 0 aromatic heterocycles. The van der Waals surface area contributed by atoms with Crippen LogP contribution >= 0.6 is 0 Å². The molecular weight excluding hydrogens is 164 g/mol. The van der Waals surface area contributed by atoms with E-state index in [4.69, 9.17) is 4.74 Å². The summed E-state index contributed by atoms with van der Waals surface area (Å²) in [6.45, 7) is 1.98. The van der Waals surface area contributed by atoms with Crippen LogP contribution < -0.4 is 4.74 Å². The third-order valence-electron chi connectivity index (χ3n) is 1.83. The number of hydrogen-bond donors (Lipinski definition) is 0. The van der Waals surface area contributed by atoms with Gasteiger partial charge in [0.05, 0.1) is 7.11 Å². The maximum absolute atomic E-state index is 10.1. The number of methoxy groups -OCH3 is 1. The number of hydrogen-bond acceptors (Lipinski definition) is 2. The van der Waals surface area contributed by atoms with Crippen molar-refractivity contribution >= 4 is 12.4 Å². The third kappa shape index (κ3) is 2.44. The first-order valence-corrected chi connectivity index (χ1v) is 4.04. The average Bonchev–Trinajstić information content (AvgIpc) is 2.16. The van der Waals surface area contributed by atoms with E-state index >= 15 is 0 Å². The molecule has 0 aliphatic rings. The normalized spacial score (nSPS) is 10.3. The van der Waals surface area contributed by atoms with Crippen LogP contribution in [-0.4, -0.2) is 13.4 Å². The number of aldehydes is 1. The van der Waals surface area contributed by atoms with E-state index in [2.05, 4.69) is 0 Å². The zero-order valence-electron chi connectivity index (χ0n) is 7.78. The van der Waals surface area contributed by atoms with Gasteiger partial charge in [-0.25, -0.2) is 0 Å². The van der Waals surface area contributed by atoms with Crippen molar-refractivity contribution in [3.63, 3.8) is 0 Å². The first-order chi connectivity index (χ1) is 6.27. The van der Waals surface area contributed by atoms with E-state index in [0.29, 0.717) is 0 Å². The van der Waals surface area contributed by atoms with Crippen LogP contribution in [0.1, 0.15) is 11.1 Å². The van der Waals surface area contributed by atoms with Crippen molar-refractivity contribution < 1.29 is 9.53 Å². The first kappa shape index (κ1) is 9.52. The molecule has 0 saturated carbocycles. The molecule has 0 spiro atoms. The molecule has 68 valence electrons. The largest absolute Gasteiger partial charge is 0.497 e. The van der Waals surface area contributed by atoms with Crippen molar-refractivity contribution in [2.24, 2.45) is 0 Å². The molecule has 1 rings (SSSR count). The summed E-state index contributed by atoms with van der Waals surface area (Å²) in [4.78, 5) is 10.1. The highest BCUT2D eigenvalue weighted by atomic mass is 16.5. The SMILES string of the molecule is COc1ccc(C=CC=O)c(C)c1. The van der Waals surface area contributed by atoms with Crippen LogP contribution in [0.15, 0.2) is 24.3 Å². The molecule has 0 fully saturated rings. The minimum absolute atomic E-state index is 0.768. The Hall–Kier alpha value is -1.57. The Morgan fingerprint density at radius 3 is 2.69 bits per heavy atom. The number of ether oxygens (including phenoxy) is 1. The summed E-state index contributed by atoms with van der Waals surface area (Å²) in [6, 6.07) is 5.73. The maximum atomic E-state index is 10.1. The van der Waals surface area contributed by atoms with E-state index in [-0.39, 0.29) is 0 Å². The molecule has 0 unspecified atom stereocenters. The Balaban J connectivity index is 2.98. The van der Waals surface area contributed by atoms with Gasteiger partial charge >= 0.3 is 0 Å². The molecule has 0 radical (unpaired) electrons. The predicted octanol–water partition coefficient (Wildman–Crippen LogP) is 2.22. The van der Waals surface area contributed by atoms with Crippen LogP contribution in [-0.2, 0) is 4.79 Å². The molecule has 1 aromatic carbocycles. The Morgan fingerprint density at radius 1 is 1.38 bits per heavy atom. The van der Waals surface area contributed by atoms with Gasteiger partial charge in [-0.05, 0) is 36.3 Å². The van der Waals surface area contributed by atoms with Crippen molar-refractivity contribution in [3.8, 4) is 5.75 Å². The highest BCUT2D eigenvalue weighted by molar-refractivity contribution is 5.74. The number of rotatable bonds is 3. The van der Waals surface area contributed by atoms with Crippen LogP contribution in [0, 0.1) is 6.92 Å². The summed E-state index contributed by atoms with van der Waals surface area (Å²) in [7, 11) is 1.63. The summed E-state index contributed by atoms with van der Waals surface area (Å²) in [5.41, 5.74) is 2.13. The fourth-order valence-corrected chi connectivity index (χ4v) is 1.11. The smallest absolute Gasteiger partial charge is 0.142 e. The van der Waals surface area contributed by atoms with Crippen molar-refractivity contribution in [3.05, 3.63) is 35.4 Å². The molecule has 13 heavy (non-hydrogen) atoms. The molecule has 1 aromatic rings. The lowest BCUT2D eigenvalue weighted by Crippen LogP contribution is -1.85. The van der Waals surface area contributed by atoms with Gasteiger partial charge in [0.1, 0.15) is 12.0 Å². The summed E-state index contributed by atoms with van der Waals surface area (Å²) < 4.78 is 5.06. The van der Waals surface area contributed by atoms with Crippen molar-refractivity contribution in [2.75, 3.05) is 7.11 Å². The molecule has 0 heterocycles. The van der Waals surface area contributed by atoms with Gasteiger partial charge in [0.25, 0.3) is 0 Å². The fraction of sp³-hybridized carbons (Fsp3) is 0.182. The summed E-state index contributed by atoms with van der Waals surface area (Å²) in [5.74, 6) is 0.834. The predicted molar refractivity (Wildman–Crippen MR) is 52.8 cm³/mol. The fourth-order valence-electron chi connectivity index (χ4n) is 1.11. The van der Waals surface area contributed by atoms with Gasteiger partial charge in [-0.15, -0.1) is 0 Å². The molecule has 0 bridgehead atoms. The van der Waals surface area contributed by atoms with Gasteiger partial charge in [-0.1, -0.05) is 12.1 Å². The molecule has 0 aliphatic heterocycles. The topological polar surface area (TPSA) is 26.3 Å². The van der Waals surface area contributed by atoms with E-state index in [1.165, 1.54) is 6.08 Å². The Morgan fingerprint density at radius 2 is 2.15 bits per heavy atom. The Kier molecular flexibility index (Phi) is 3.26. The van der Waals surface area contributed by atoms with E-state index in [1.54, 1.807) is 13.2 Å². The molecular formula is C11H12O2. The minimum atomic E-state index is 0.768. The number of carbonyl (C=O) groups excluding carboxylic acids is 1. The van der Waals surface area contributed by atoms with E-state index in [1.807, 2.05) is 25.1 Å². The van der Waals surface area contributed by atoms with Gasteiger partial charge in [0.15, 0.2) is 0 Å². The molecule has 2 heteroatoms. The highest BCUT2D eigenvalue weighted by Crippen LogP contribution is 2.17. The summed E-state index contributed by atoms with van der Waals surface area (Å²) in [6.07, 6.45) is 4.03. The first-order valence-electron chi connectivity index (χ1n) is 4.04. The second-order valence-electron chi connectivity index (χ2n) is 2.72. The van der Waals surface area contributed by atoms with E-state index < -0.39 is 0 Å². The van der Waals surface area contributed by atoms with Crippen molar-refractivity contribution in [1.29, 1.82) is 0 Å². The quantitative estimate of drug-likeness (QED) is 0.521. The molecule has 0 saturated heterocycles. The minimum Gasteiger partial charge on any atom is -0.497 e. The van der Waals surface area contributed by atoms with Crippen molar-refractivity contribution in [2.45, 2.75) is 6.92 Å². The van der Waals surface area contributed by atoms with Crippen LogP contribution in [0.3, 0.4) is 0 Å². The number of benzene rings is 1. The molecule has 2 nitrogen and oxygen atoms in total. The van der Waals surface area contributed by atoms with E-state index in [9.17, 15) is 4.79 Å². The van der Waals surface area contributed by atoms with Crippen LogP contribution in [0.5, 0.6) is 5.75 Å². The second-order valence-corrected chi connectivity index (χ2v) is 2.72. The third-order valence-corrected chi connectivity index (χ3v) is 1.83. The monoisotopic (exact) mass is 176 g/mol. The van der Waals surface area contributed by atoms with Crippen LogP contribution in [0.25, 0.3) is 6.08 Å². The average molecular weight is 176 g/mol. The standard InChI is InChI=1S/C11H12O2/c1-9-8-11(13-2)6-5-10(9)4-3-7-12/h3-8H,1-2H3. The second kappa shape index (κ2) is 4.45. The zero-order chi connectivity index (χ0) is 9.68. The number of carbonyl (C=O) groups is 1. The van der Waals surface area contributed by atoms with Gasteiger partial charge in [0, 0.05) is 0 Å². The summed E-state index contributed by atoms with van der Waals surface area (Å²) in [5, 5.41) is 0. The molecule has 0 atom stereocenters. The Bertz CT molecular complexity index is 327. The van der Waals surface area contributed by atoms with Gasteiger partial charge < -0.3 is 4.74 Å². The number of allylic oxidation sites excluding steroid dienone is 1. The lowest BCUT2D eigenvalue weighted by molar-refractivity contribution is -0.104. The van der Waals surface area contributed by atoms with Gasteiger partial charge in [-0.2, -0.15) is 0 Å².